The summed E-state index contributed by atoms with van der Waals surface area (Å²) in [5.74, 6) is -0.739. The van der Waals surface area contributed by atoms with Crippen LogP contribution in [-0.4, -0.2) is 21.6 Å². The van der Waals surface area contributed by atoms with Gasteiger partial charge in [-0.25, -0.2) is 4.98 Å². The van der Waals surface area contributed by atoms with Gasteiger partial charge in [-0.2, -0.15) is 0 Å². The summed E-state index contributed by atoms with van der Waals surface area (Å²) in [6, 6.07) is 9.68. The summed E-state index contributed by atoms with van der Waals surface area (Å²) in [6.45, 7) is 3.68. The van der Waals surface area contributed by atoms with E-state index in [-0.39, 0.29) is 11.5 Å². The Kier molecular flexibility index (Phi) is 5.37. The summed E-state index contributed by atoms with van der Waals surface area (Å²) < 4.78 is 0. The van der Waals surface area contributed by atoms with Crippen molar-refractivity contribution in [3.8, 4) is 0 Å². The average molecular weight is 418 g/mol. The van der Waals surface area contributed by atoms with Crippen molar-refractivity contribution in [2.45, 2.75) is 39.0 Å². The average Bonchev–Trinajstić information content (AvgIpc) is 2.74. The molecule has 8 nitrogen and oxygen atoms in total. The lowest BCUT2D eigenvalue weighted by molar-refractivity contribution is -0.384. The van der Waals surface area contributed by atoms with Gasteiger partial charge in [0, 0.05) is 53.2 Å². The van der Waals surface area contributed by atoms with Crippen LogP contribution in [0.2, 0.25) is 0 Å². The number of carbonyl (C=O) groups is 2. The zero-order chi connectivity index (χ0) is 22.1. The van der Waals surface area contributed by atoms with Crippen LogP contribution < -0.4 is 10.6 Å². The van der Waals surface area contributed by atoms with E-state index in [0.29, 0.717) is 41.1 Å². The van der Waals surface area contributed by atoms with Crippen LogP contribution in [0.1, 0.15) is 43.2 Å². The number of anilines is 1. The number of aryl methyl sites for hydroxylation is 1. The number of rotatable bonds is 4. The van der Waals surface area contributed by atoms with Crippen molar-refractivity contribution in [2.24, 2.45) is 0 Å². The Hall–Kier alpha value is -3.81. The molecule has 0 radical (unpaired) electrons. The van der Waals surface area contributed by atoms with Gasteiger partial charge in [0.25, 0.3) is 11.6 Å². The van der Waals surface area contributed by atoms with Crippen LogP contribution in [0.25, 0.3) is 0 Å². The Morgan fingerprint density at radius 2 is 2.03 bits per heavy atom. The molecule has 31 heavy (non-hydrogen) atoms. The zero-order valence-corrected chi connectivity index (χ0v) is 17.3. The Morgan fingerprint density at radius 1 is 1.23 bits per heavy atom. The normalized spacial score (nSPS) is 18.4. The van der Waals surface area contributed by atoms with E-state index >= 15 is 0 Å². The fourth-order valence-electron chi connectivity index (χ4n) is 4.16. The fraction of sp³-hybridized carbons (Fsp3) is 0.261. The van der Waals surface area contributed by atoms with E-state index in [4.69, 9.17) is 0 Å². The molecule has 1 amide bonds. The van der Waals surface area contributed by atoms with Gasteiger partial charge >= 0.3 is 0 Å². The number of nitro benzene ring substituents is 1. The van der Waals surface area contributed by atoms with Gasteiger partial charge in [0.1, 0.15) is 5.82 Å². The summed E-state index contributed by atoms with van der Waals surface area (Å²) in [4.78, 5) is 41.3. The number of hydrogen-bond donors (Lipinski definition) is 2. The Morgan fingerprint density at radius 3 is 2.74 bits per heavy atom. The van der Waals surface area contributed by atoms with Gasteiger partial charge in [-0.1, -0.05) is 18.2 Å². The number of Topliss-reactive ketones (excluding diaryl/α,β-unsaturated/α-hetero) is 1. The standard InChI is InChI=1S/C23H22N4O4/c1-13-9-10-19(24-12-13)26-23(29)20-14(2)25-17-7-4-8-18(28)22(17)21(20)15-5-3-6-16(11-15)27(30)31/h3,5-6,9-12,21,25H,4,7-8H2,1-2H3,(H,24,26,29)/t21-/m1/s1. The number of ketones is 1. The number of amides is 1. The van der Waals surface area contributed by atoms with Crippen molar-refractivity contribution in [3.63, 3.8) is 0 Å². The summed E-state index contributed by atoms with van der Waals surface area (Å²) in [7, 11) is 0. The second-order valence-electron chi connectivity index (χ2n) is 7.79. The van der Waals surface area contributed by atoms with E-state index in [1.807, 2.05) is 13.0 Å². The molecule has 0 spiro atoms. The first kappa shape index (κ1) is 20.5. The number of hydrogen-bond acceptors (Lipinski definition) is 6. The second-order valence-corrected chi connectivity index (χ2v) is 7.79. The molecule has 0 fully saturated rings. The van der Waals surface area contributed by atoms with Gasteiger partial charge < -0.3 is 10.6 Å². The van der Waals surface area contributed by atoms with Crippen molar-refractivity contribution < 1.29 is 14.5 Å². The molecule has 2 aromatic rings. The van der Waals surface area contributed by atoms with Crippen LogP contribution in [0.4, 0.5) is 11.5 Å². The number of pyridine rings is 1. The van der Waals surface area contributed by atoms with E-state index in [1.54, 1.807) is 31.3 Å². The van der Waals surface area contributed by atoms with Crippen molar-refractivity contribution in [1.29, 1.82) is 0 Å². The number of non-ortho nitro benzene ring substituents is 1. The van der Waals surface area contributed by atoms with Crippen molar-refractivity contribution in [1.82, 2.24) is 10.3 Å². The molecule has 0 saturated carbocycles. The van der Waals surface area contributed by atoms with Crippen LogP contribution in [0.3, 0.4) is 0 Å². The number of nitro groups is 1. The number of dihydropyridines is 1. The number of nitrogens with one attached hydrogen (secondary N) is 2. The first-order chi connectivity index (χ1) is 14.8. The van der Waals surface area contributed by atoms with E-state index in [2.05, 4.69) is 15.6 Å². The van der Waals surface area contributed by atoms with E-state index in [1.165, 1.54) is 12.1 Å². The van der Waals surface area contributed by atoms with Gasteiger partial charge in [0.15, 0.2) is 5.78 Å². The Labute approximate surface area is 179 Å². The van der Waals surface area contributed by atoms with Crippen molar-refractivity contribution in [2.75, 3.05) is 5.32 Å². The Balaban J connectivity index is 1.80. The molecule has 1 aliphatic carbocycles. The number of benzene rings is 1. The highest BCUT2D eigenvalue weighted by molar-refractivity contribution is 6.09. The minimum absolute atomic E-state index is 0.0449. The van der Waals surface area contributed by atoms with Crippen LogP contribution in [-0.2, 0) is 9.59 Å². The molecule has 0 bridgehead atoms. The monoisotopic (exact) mass is 418 g/mol. The number of carbonyl (C=O) groups excluding carboxylic acids is 2. The predicted octanol–water partition coefficient (Wildman–Crippen LogP) is 3.90. The smallest absolute Gasteiger partial charge is 0.269 e. The molecule has 2 N–H and O–H groups in total. The highest BCUT2D eigenvalue weighted by Gasteiger charge is 2.38. The molecular weight excluding hydrogens is 396 g/mol. The molecule has 8 heteroatoms. The largest absolute Gasteiger partial charge is 0.362 e. The topological polar surface area (TPSA) is 114 Å². The maximum atomic E-state index is 13.3. The van der Waals surface area contributed by atoms with Crippen LogP contribution in [0.15, 0.2) is 65.1 Å². The maximum absolute atomic E-state index is 13.3. The third-order valence-electron chi connectivity index (χ3n) is 5.59. The van der Waals surface area contributed by atoms with Crippen LogP contribution in [0, 0.1) is 17.0 Å². The molecule has 1 aromatic carbocycles. The zero-order valence-electron chi connectivity index (χ0n) is 17.3. The van der Waals surface area contributed by atoms with Gasteiger partial charge in [0.05, 0.1) is 4.92 Å². The number of allylic oxidation sites excluding steroid dienone is 3. The Bertz CT molecular complexity index is 1150. The summed E-state index contributed by atoms with van der Waals surface area (Å²) in [5.41, 5.74) is 3.70. The second kappa shape index (κ2) is 8.14. The quantitative estimate of drug-likeness (QED) is 0.575. The van der Waals surface area contributed by atoms with Gasteiger partial charge in [-0.3, -0.25) is 19.7 Å². The van der Waals surface area contributed by atoms with E-state index in [9.17, 15) is 19.7 Å². The molecule has 0 unspecified atom stereocenters. The predicted molar refractivity (Wildman–Crippen MR) is 115 cm³/mol. The first-order valence-electron chi connectivity index (χ1n) is 10.1. The van der Waals surface area contributed by atoms with Crippen molar-refractivity contribution in [3.05, 3.63) is 86.4 Å². The maximum Gasteiger partial charge on any atom is 0.269 e. The first-order valence-corrected chi connectivity index (χ1v) is 10.1. The number of aromatic nitrogens is 1. The van der Waals surface area contributed by atoms with Crippen LogP contribution in [0.5, 0.6) is 0 Å². The molecule has 4 rings (SSSR count). The minimum atomic E-state index is -0.686. The van der Waals surface area contributed by atoms with Gasteiger partial charge in [-0.05, 0) is 43.9 Å². The molecule has 1 aliphatic heterocycles. The molecule has 2 aliphatic rings. The molecule has 158 valence electrons. The SMILES string of the molecule is CC1=C(C(=O)Nc2ccc(C)cn2)[C@@H](c2cccc([N+](=O)[O-])c2)C2=C(CCCC2=O)N1. The third-order valence-corrected chi connectivity index (χ3v) is 5.59. The van der Waals surface area contributed by atoms with E-state index in [0.717, 1.165) is 17.7 Å². The summed E-state index contributed by atoms with van der Waals surface area (Å²) in [5, 5.41) is 17.4. The lowest BCUT2D eigenvalue weighted by Crippen LogP contribution is -2.35. The lowest BCUT2D eigenvalue weighted by Gasteiger charge is -2.34. The highest BCUT2D eigenvalue weighted by Crippen LogP contribution is 2.43. The lowest BCUT2D eigenvalue weighted by atomic mass is 9.75. The van der Waals surface area contributed by atoms with E-state index < -0.39 is 16.7 Å². The minimum Gasteiger partial charge on any atom is -0.362 e. The molecule has 1 aromatic heterocycles. The summed E-state index contributed by atoms with van der Waals surface area (Å²) in [6.07, 6.45) is 3.46. The molecule has 0 saturated heterocycles. The third kappa shape index (κ3) is 3.96. The van der Waals surface area contributed by atoms with Crippen LogP contribution >= 0.6 is 0 Å². The molecular formula is C23H22N4O4. The number of nitrogens with zero attached hydrogens (tertiary/aromatic N) is 2. The van der Waals surface area contributed by atoms with Crippen molar-refractivity contribution >= 4 is 23.2 Å². The fourth-order valence-corrected chi connectivity index (χ4v) is 4.16. The summed E-state index contributed by atoms with van der Waals surface area (Å²) >= 11 is 0. The highest BCUT2D eigenvalue weighted by atomic mass is 16.6. The van der Waals surface area contributed by atoms with Gasteiger partial charge in [-0.15, -0.1) is 0 Å². The van der Waals surface area contributed by atoms with Gasteiger partial charge in [0.2, 0.25) is 0 Å². The molecule has 2 heterocycles. The molecule has 1 atom stereocenters.